The molecule has 0 atom stereocenters. The Balaban J connectivity index is 2.21. The normalized spacial score (nSPS) is 18.9. The second kappa shape index (κ2) is 7.07. The van der Waals surface area contributed by atoms with Crippen LogP contribution in [0.1, 0.15) is 26.7 Å². The molecule has 0 unspecified atom stereocenters. The van der Waals surface area contributed by atoms with Crippen molar-refractivity contribution in [3.8, 4) is 0 Å². The van der Waals surface area contributed by atoms with Gasteiger partial charge in [0.2, 0.25) is 5.91 Å². The first-order chi connectivity index (χ1) is 8.46. The average molecular weight is 257 g/mol. The molecule has 1 saturated heterocycles. The van der Waals surface area contributed by atoms with Crippen LogP contribution >= 0.6 is 0 Å². The highest BCUT2D eigenvalue weighted by Crippen LogP contribution is 2.15. The fraction of sp³-hybridized carbons (Fsp3) is 0.923. The van der Waals surface area contributed by atoms with Gasteiger partial charge in [-0.05, 0) is 12.8 Å². The maximum atomic E-state index is 11.3. The van der Waals surface area contributed by atoms with E-state index < -0.39 is 0 Å². The number of piperidine rings is 1. The zero-order valence-corrected chi connectivity index (χ0v) is 11.8. The van der Waals surface area contributed by atoms with Crippen molar-refractivity contribution in [2.75, 3.05) is 39.8 Å². The molecule has 1 aliphatic rings. The summed E-state index contributed by atoms with van der Waals surface area (Å²) < 4.78 is 0. The van der Waals surface area contributed by atoms with Crippen LogP contribution < -0.4 is 10.6 Å². The number of carbonyl (C=O) groups is 1. The minimum absolute atomic E-state index is 0.0563. The van der Waals surface area contributed by atoms with Crippen molar-refractivity contribution in [1.82, 2.24) is 15.5 Å². The molecule has 0 aliphatic carbocycles. The molecule has 0 radical (unpaired) electrons. The fourth-order valence-corrected chi connectivity index (χ4v) is 2.05. The monoisotopic (exact) mass is 257 g/mol. The number of aliphatic hydroxyl groups excluding tert-OH is 1. The Morgan fingerprint density at radius 2 is 2.00 bits per heavy atom. The molecule has 5 nitrogen and oxygen atoms in total. The molecule has 5 heteroatoms. The highest BCUT2D eigenvalue weighted by Gasteiger charge is 2.23. The highest BCUT2D eigenvalue weighted by molar-refractivity contribution is 5.77. The van der Waals surface area contributed by atoms with Crippen molar-refractivity contribution in [2.45, 2.75) is 32.7 Å². The molecule has 1 aliphatic heterocycles. The maximum Gasteiger partial charge on any atom is 0.233 e. The lowest BCUT2D eigenvalue weighted by Crippen LogP contribution is -2.47. The summed E-state index contributed by atoms with van der Waals surface area (Å²) in [5.74, 6) is 0.0859. The van der Waals surface area contributed by atoms with Crippen LogP contribution in [0.25, 0.3) is 0 Å². The van der Waals surface area contributed by atoms with Gasteiger partial charge in [-0.3, -0.25) is 9.69 Å². The van der Waals surface area contributed by atoms with E-state index in [1.54, 1.807) is 7.05 Å². The molecule has 3 N–H and O–H groups in total. The number of nitrogens with one attached hydrogen (secondary N) is 2. The van der Waals surface area contributed by atoms with Crippen LogP contribution in [0.4, 0.5) is 0 Å². The van der Waals surface area contributed by atoms with Gasteiger partial charge in [-0.1, -0.05) is 13.8 Å². The SMILES string of the molecule is CNC(=O)CN1CCC(NCC(C)(C)CO)CC1. The summed E-state index contributed by atoms with van der Waals surface area (Å²) in [5, 5.41) is 15.4. The predicted molar refractivity (Wildman–Crippen MR) is 72.4 cm³/mol. The Bertz CT molecular complexity index is 261. The summed E-state index contributed by atoms with van der Waals surface area (Å²) in [4.78, 5) is 13.5. The Kier molecular flexibility index (Phi) is 6.05. The maximum absolute atomic E-state index is 11.3. The first-order valence-corrected chi connectivity index (χ1v) is 6.74. The van der Waals surface area contributed by atoms with E-state index in [1.807, 2.05) is 0 Å². The number of hydrogen-bond acceptors (Lipinski definition) is 4. The number of rotatable bonds is 6. The van der Waals surface area contributed by atoms with Crippen molar-refractivity contribution >= 4 is 5.91 Å². The van der Waals surface area contributed by atoms with E-state index in [-0.39, 0.29) is 17.9 Å². The standard InChI is InChI=1S/C13H27N3O2/c1-13(2,10-17)9-15-11-4-6-16(7-5-11)8-12(18)14-3/h11,15,17H,4-10H2,1-3H3,(H,14,18). The zero-order valence-electron chi connectivity index (χ0n) is 11.8. The van der Waals surface area contributed by atoms with Crippen LogP contribution in [0, 0.1) is 5.41 Å². The van der Waals surface area contributed by atoms with Crippen molar-refractivity contribution in [2.24, 2.45) is 5.41 Å². The lowest BCUT2D eigenvalue weighted by molar-refractivity contribution is -0.122. The van der Waals surface area contributed by atoms with Gasteiger partial charge in [0.15, 0.2) is 0 Å². The number of likely N-dealkylation sites (tertiary alicyclic amines) is 1. The topological polar surface area (TPSA) is 64.6 Å². The Labute approximate surface area is 110 Å². The number of nitrogens with zero attached hydrogens (tertiary/aromatic N) is 1. The van der Waals surface area contributed by atoms with Crippen LogP contribution in [0.5, 0.6) is 0 Å². The molecule has 0 spiro atoms. The summed E-state index contributed by atoms with van der Waals surface area (Å²) in [6.45, 7) is 7.58. The van der Waals surface area contributed by atoms with Gasteiger partial charge in [-0.15, -0.1) is 0 Å². The molecule has 0 aromatic carbocycles. The van der Waals surface area contributed by atoms with Crippen molar-refractivity contribution in [3.05, 3.63) is 0 Å². The summed E-state index contributed by atoms with van der Waals surface area (Å²) in [7, 11) is 1.67. The van der Waals surface area contributed by atoms with Gasteiger partial charge in [0.05, 0.1) is 6.54 Å². The highest BCUT2D eigenvalue weighted by atomic mass is 16.3. The smallest absolute Gasteiger partial charge is 0.233 e. The molecule has 0 bridgehead atoms. The minimum Gasteiger partial charge on any atom is -0.396 e. The predicted octanol–water partition coefficient (Wildman–Crippen LogP) is -0.195. The van der Waals surface area contributed by atoms with Gasteiger partial charge >= 0.3 is 0 Å². The molecule has 1 heterocycles. The van der Waals surface area contributed by atoms with Crippen LogP contribution in [-0.2, 0) is 4.79 Å². The van der Waals surface area contributed by atoms with Gasteiger partial charge in [-0.25, -0.2) is 0 Å². The lowest BCUT2D eigenvalue weighted by atomic mass is 9.93. The largest absolute Gasteiger partial charge is 0.396 e. The molecular weight excluding hydrogens is 230 g/mol. The van der Waals surface area contributed by atoms with Gasteiger partial charge in [0.25, 0.3) is 0 Å². The van der Waals surface area contributed by atoms with Crippen LogP contribution in [0.15, 0.2) is 0 Å². The van der Waals surface area contributed by atoms with E-state index in [0.29, 0.717) is 12.6 Å². The Morgan fingerprint density at radius 1 is 1.39 bits per heavy atom. The van der Waals surface area contributed by atoms with Crippen LogP contribution in [0.2, 0.25) is 0 Å². The van der Waals surface area contributed by atoms with E-state index in [0.717, 1.165) is 32.5 Å². The molecular formula is C13H27N3O2. The summed E-state index contributed by atoms with van der Waals surface area (Å²) in [6, 6.07) is 0.511. The van der Waals surface area contributed by atoms with E-state index >= 15 is 0 Å². The van der Waals surface area contributed by atoms with E-state index in [4.69, 9.17) is 0 Å². The number of aliphatic hydroxyl groups is 1. The second-order valence-electron chi connectivity index (χ2n) is 5.93. The molecule has 0 aromatic rings. The number of hydrogen-bond donors (Lipinski definition) is 3. The summed E-state index contributed by atoms with van der Waals surface area (Å²) in [6.07, 6.45) is 2.14. The first-order valence-electron chi connectivity index (χ1n) is 6.74. The van der Waals surface area contributed by atoms with Gasteiger partial charge in [0, 0.05) is 44.7 Å². The van der Waals surface area contributed by atoms with Crippen molar-refractivity contribution in [1.29, 1.82) is 0 Å². The average Bonchev–Trinajstić information content (AvgIpc) is 2.38. The zero-order chi connectivity index (χ0) is 13.6. The Morgan fingerprint density at radius 3 is 2.50 bits per heavy atom. The lowest BCUT2D eigenvalue weighted by Gasteiger charge is -2.33. The minimum atomic E-state index is -0.0563. The summed E-state index contributed by atoms with van der Waals surface area (Å²) in [5.41, 5.74) is -0.0563. The van der Waals surface area contributed by atoms with Gasteiger partial charge in [-0.2, -0.15) is 0 Å². The van der Waals surface area contributed by atoms with Crippen LogP contribution in [0.3, 0.4) is 0 Å². The quantitative estimate of drug-likeness (QED) is 0.617. The molecule has 0 saturated carbocycles. The third kappa shape index (κ3) is 5.33. The third-order valence-corrected chi connectivity index (χ3v) is 3.53. The second-order valence-corrected chi connectivity index (χ2v) is 5.93. The third-order valence-electron chi connectivity index (χ3n) is 3.53. The number of amides is 1. The van der Waals surface area contributed by atoms with E-state index in [9.17, 15) is 9.90 Å². The van der Waals surface area contributed by atoms with E-state index in [1.165, 1.54) is 0 Å². The molecule has 1 rings (SSSR count). The summed E-state index contributed by atoms with van der Waals surface area (Å²) >= 11 is 0. The van der Waals surface area contributed by atoms with Gasteiger partial charge < -0.3 is 15.7 Å². The molecule has 1 amide bonds. The number of carbonyl (C=O) groups excluding carboxylic acids is 1. The van der Waals surface area contributed by atoms with Crippen LogP contribution in [-0.4, -0.2) is 61.8 Å². The molecule has 18 heavy (non-hydrogen) atoms. The van der Waals surface area contributed by atoms with Gasteiger partial charge in [0.1, 0.15) is 0 Å². The van der Waals surface area contributed by atoms with E-state index in [2.05, 4.69) is 29.4 Å². The first kappa shape index (κ1) is 15.4. The van der Waals surface area contributed by atoms with Crippen molar-refractivity contribution in [3.63, 3.8) is 0 Å². The molecule has 1 fully saturated rings. The fourth-order valence-electron chi connectivity index (χ4n) is 2.05. The molecule has 106 valence electrons. The molecule has 0 aromatic heterocycles. The van der Waals surface area contributed by atoms with Crippen molar-refractivity contribution < 1.29 is 9.90 Å². The number of likely N-dealkylation sites (N-methyl/N-ethyl adjacent to an activating group) is 1. The Hall–Kier alpha value is -0.650.